The van der Waals surface area contributed by atoms with Crippen molar-refractivity contribution in [2.45, 2.75) is 12.2 Å². The van der Waals surface area contributed by atoms with Gasteiger partial charge in [0, 0.05) is 17.8 Å². The molecule has 3 rings (SSSR count). The van der Waals surface area contributed by atoms with Crippen LogP contribution >= 0.6 is 0 Å². The Hall–Kier alpha value is -2.74. The average Bonchev–Trinajstić information content (AvgIpc) is 3.08. The van der Waals surface area contributed by atoms with Crippen LogP contribution in [0.25, 0.3) is 0 Å². The van der Waals surface area contributed by atoms with Gasteiger partial charge < -0.3 is 15.2 Å². The Bertz CT molecular complexity index is 668. The summed E-state index contributed by atoms with van der Waals surface area (Å²) in [6.07, 6.45) is 2.20. The second kappa shape index (κ2) is 5.23. The highest BCUT2D eigenvalue weighted by Crippen LogP contribution is 2.39. The number of benzene rings is 1. The summed E-state index contributed by atoms with van der Waals surface area (Å²) in [4.78, 5) is 33.7. The number of hydrogen-bond donors (Lipinski definition) is 2. The zero-order chi connectivity index (χ0) is 15.9. The molecule has 2 aliphatic rings. The summed E-state index contributed by atoms with van der Waals surface area (Å²) in [6.45, 7) is 0. The van der Waals surface area contributed by atoms with Gasteiger partial charge in [0.15, 0.2) is 0 Å². The van der Waals surface area contributed by atoms with Gasteiger partial charge in [-0.1, -0.05) is 12.2 Å². The Balaban J connectivity index is 1.75. The highest BCUT2D eigenvalue weighted by atomic mass is 16.6. The zero-order valence-electron chi connectivity index (χ0n) is 11.2. The molecule has 1 amide bonds. The monoisotopic (exact) mass is 304 g/mol. The van der Waals surface area contributed by atoms with Gasteiger partial charge in [0.2, 0.25) is 5.91 Å². The molecule has 0 saturated carbocycles. The first-order valence-electron chi connectivity index (χ1n) is 6.59. The van der Waals surface area contributed by atoms with Crippen molar-refractivity contribution in [3.63, 3.8) is 0 Å². The molecular formula is C14H12N2O6. The fraction of sp³-hybridized carbons (Fsp3) is 0.286. The molecule has 0 unspecified atom stereocenters. The topological polar surface area (TPSA) is 119 Å². The lowest BCUT2D eigenvalue weighted by atomic mass is 9.82. The summed E-state index contributed by atoms with van der Waals surface area (Å²) < 4.78 is 5.43. The average molecular weight is 304 g/mol. The second-order valence-electron chi connectivity index (χ2n) is 5.13. The fourth-order valence-electron chi connectivity index (χ4n) is 2.81. The number of amides is 1. The molecule has 22 heavy (non-hydrogen) atoms. The number of aliphatic carboxylic acids is 1. The molecule has 1 fully saturated rings. The Morgan fingerprint density at radius 1 is 1.14 bits per heavy atom. The van der Waals surface area contributed by atoms with Crippen LogP contribution < -0.4 is 5.32 Å². The van der Waals surface area contributed by atoms with E-state index in [4.69, 9.17) is 4.74 Å². The predicted molar refractivity (Wildman–Crippen MR) is 74.1 cm³/mol. The fourth-order valence-corrected chi connectivity index (χ4v) is 2.81. The maximum absolute atomic E-state index is 12.3. The molecule has 114 valence electrons. The third-order valence-electron chi connectivity index (χ3n) is 3.83. The standard InChI is InChI=1S/C14H12N2O6/c17-13(15-7-1-3-8(4-2-7)16(20)21)11-9-5-6-10(22-9)12(11)14(18)19/h1-6,9-12H,(H,15,17)(H,18,19)/t9-,10+,11+,12+/m1/s1. The van der Waals surface area contributed by atoms with Crippen LogP contribution in [0.4, 0.5) is 11.4 Å². The third-order valence-corrected chi connectivity index (χ3v) is 3.83. The van der Waals surface area contributed by atoms with Gasteiger partial charge in [-0.15, -0.1) is 0 Å². The van der Waals surface area contributed by atoms with Crippen LogP contribution in [0.3, 0.4) is 0 Å². The maximum atomic E-state index is 12.3. The van der Waals surface area contributed by atoms with Gasteiger partial charge in [-0.05, 0) is 12.1 Å². The van der Waals surface area contributed by atoms with Crippen LogP contribution in [-0.2, 0) is 14.3 Å². The number of nitro benzene ring substituents is 1. The lowest BCUT2D eigenvalue weighted by molar-refractivity contribution is -0.384. The minimum Gasteiger partial charge on any atom is -0.481 e. The van der Waals surface area contributed by atoms with Crippen LogP contribution in [0.15, 0.2) is 36.4 Å². The Labute approximate surface area is 124 Å². The molecule has 8 nitrogen and oxygen atoms in total. The number of anilines is 1. The van der Waals surface area contributed by atoms with Gasteiger partial charge in [-0.25, -0.2) is 0 Å². The van der Waals surface area contributed by atoms with E-state index in [0.717, 1.165) is 0 Å². The van der Waals surface area contributed by atoms with E-state index in [0.29, 0.717) is 5.69 Å². The molecule has 1 saturated heterocycles. The van der Waals surface area contributed by atoms with E-state index in [-0.39, 0.29) is 5.69 Å². The Morgan fingerprint density at radius 3 is 2.27 bits per heavy atom. The number of fused-ring (bicyclic) bond motifs is 2. The van der Waals surface area contributed by atoms with Crippen molar-refractivity contribution in [2.24, 2.45) is 11.8 Å². The number of non-ortho nitro benzene ring substituents is 1. The lowest BCUT2D eigenvalue weighted by Gasteiger charge is -2.20. The molecule has 2 aliphatic heterocycles. The number of nitrogens with zero attached hydrogens (tertiary/aromatic N) is 1. The minimum atomic E-state index is -1.08. The van der Waals surface area contributed by atoms with Crippen molar-refractivity contribution in [3.05, 3.63) is 46.5 Å². The summed E-state index contributed by atoms with van der Waals surface area (Å²) in [7, 11) is 0. The van der Waals surface area contributed by atoms with Crippen LogP contribution in [-0.4, -0.2) is 34.1 Å². The molecule has 0 aromatic heterocycles. The summed E-state index contributed by atoms with van der Waals surface area (Å²) >= 11 is 0. The minimum absolute atomic E-state index is 0.0902. The third kappa shape index (κ3) is 2.33. The van der Waals surface area contributed by atoms with E-state index in [2.05, 4.69) is 5.32 Å². The Morgan fingerprint density at radius 2 is 1.73 bits per heavy atom. The number of carbonyl (C=O) groups excluding carboxylic acids is 1. The summed E-state index contributed by atoms with van der Waals surface area (Å²) in [5.74, 6) is -3.30. The van der Waals surface area contributed by atoms with Crippen molar-refractivity contribution >= 4 is 23.3 Å². The highest BCUT2D eigenvalue weighted by Gasteiger charge is 2.53. The van der Waals surface area contributed by atoms with Gasteiger partial charge in [0.1, 0.15) is 5.92 Å². The van der Waals surface area contributed by atoms with Crippen molar-refractivity contribution in [1.82, 2.24) is 0 Å². The second-order valence-corrected chi connectivity index (χ2v) is 5.13. The molecule has 2 heterocycles. The van der Waals surface area contributed by atoms with Crippen LogP contribution in [0.1, 0.15) is 0 Å². The summed E-state index contributed by atoms with van der Waals surface area (Å²) in [6, 6.07) is 5.33. The first-order chi connectivity index (χ1) is 10.5. The van der Waals surface area contributed by atoms with Crippen LogP contribution in [0.5, 0.6) is 0 Å². The lowest BCUT2D eigenvalue weighted by Crippen LogP contribution is -2.39. The number of rotatable bonds is 4. The first-order valence-corrected chi connectivity index (χ1v) is 6.59. The number of hydrogen-bond acceptors (Lipinski definition) is 5. The normalized spacial score (nSPS) is 28.5. The number of carboxylic acids is 1. The van der Waals surface area contributed by atoms with Crippen molar-refractivity contribution in [3.8, 4) is 0 Å². The van der Waals surface area contributed by atoms with E-state index < -0.39 is 40.8 Å². The van der Waals surface area contributed by atoms with E-state index >= 15 is 0 Å². The van der Waals surface area contributed by atoms with Crippen molar-refractivity contribution in [1.29, 1.82) is 0 Å². The van der Waals surface area contributed by atoms with Crippen molar-refractivity contribution in [2.75, 3.05) is 5.32 Å². The molecule has 0 aliphatic carbocycles. The highest BCUT2D eigenvalue weighted by molar-refractivity contribution is 5.96. The van der Waals surface area contributed by atoms with Gasteiger partial charge in [0.25, 0.3) is 5.69 Å². The van der Waals surface area contributed by atoms with Crippen LogP contribution in [0, 0.1) is 22.0 Å². The smallest absolute Gasteiger partial charge is 0.310 e. The number of nitrogens with one attached hydrogen (secondary N) is 1. The largest absolute Gasteiger partial charge is 0.481 e. The maximum Gasteiger partial charge on any atom is 0.310 e. The molecule has 0 spiro atoms. The van der Waals surface area contributed by atoms with E-state index in [1.165, 1.54) is 24.3 Å². The molecule has 1 aromatic carbocycles. The number of ether oxygens (including phenoxy) is 1. The zero-order valence-corrected chi connectivity index (χ0v) is 11.2. The van der Waals surface area contributed by atoms with Crippen molar-refractivity contribution < 1.29 is 24.4 Å². The summed E-state index contributed by atoms with van der Waals surface area (Å²) in [5.41, 5.74) is 0.277. The van der Waals surface area contributed by atoms with Gasteiger partial charge in [0.05, 0.1) is 23.0 Å². The number of carboxylic acid groups (broad SMARTS) is 1. The molecule has 4 atom stereocenters. The van der Waals surface area contributed by atoms with Gasteiger partial charge in [-0.2, -0.15) is 0 Å². The number of carbonyl (C=O) groups is 2. The molecule has 8 heteroatoms. The molecule has 2 N–H and O–H groups in total. The number of nitro groups is 1. The van der Waals surface area contributed by atoms with Crippen LogP contribution in [0.2, 0.25) is 0 Å². The van der Waals surface area contributed by atoms with E-state index in [1.807, 2.05) is 0 Å². The first kappa shape index (κ1) is 14.2. The van der Waals surface area contributed by atoms with Gasteiger partial charge >= 0.3 is 5.97 Å². The van der Waals surface area contributed by atoms with E-state index in [9.17, 15) is 24.8 Å². The summed E-state index contributed by atoms with van der Waals surface area (Å²) in [5, 5.41) is 22.4. The SMILES string of the molecule is O=C(O)[C@@H]1[C@@H](C(=O)Nc2ccc([N+](=O)[O-])cc2)[C@H]2C=C[C@@H]1O2. The quantitative estimate of drug-likeness (QED) is 0.490. The van der Waals surface area contributed by atoms with Gasteiger partial charge in [-0.3, -0.25) is 19.7 Å². The van der Waals surface area contributed by atoms with E-state index in [1.54, 1.807) is 12.2 Å². The predicted octanol–water partition coefficient (Wildman–Crippen LogP) is 1.19. The molecule has 0 radical (unpaired) electrons. The Kier molecular flexibility index (Phi) is 3.38. The molecule has 1 aromatic rings. The molecular weight excluding hydrogens is 292 g/mol. The molecule has 2 bridgehead atoms.